The summed E-state index contributed by atoms with van der Waals surface area (Å²) in [4.78, 5) is 44.0. The molecule has 8 atom stereocenters. The van der Waals surface area contributed by atoms with Gasteiger partial charge in [-0.2, -0.15) is 10.2 Å². The third-order valence-corrected chi connectivity index (χ3v) is 8.06. The van der Waals surface area contributed by atoms with Gasteiger partial charge in [0.05, 0.1) is 31.1 Å². The number of carbonyl (C=O) groups is 2. The van der Waals surface area contributed by atoms with Gasteiger partial charge in [-0.15, -0.1) is 0 Å². The first-order valence-electron chi connectivity index (χ1n) is 14.2. The highest BCUT2D eigenvalue weighted by atomic mass is 16.6. The summed E-state index contributed by atoms with van der Waals surface area (Å²) in [5.41, 5.74) is 11.1. The molecule has 13 N–H and O–H groups in total. The number of aliphatic hydroxyl groups excluding tert-OH is 4. The van der Waals surface area contributed by atoms with Crippen molar-refractivity contribution in [1.29, 1.82) is 0 Å². The second-order valence-corrected chi connectivity index (χ2v) is 11.3. The van der Waals surface area contributed by atoms with Crippen molar-refractivity contribution in [3.63, 3.8) is 0 Å². The molecule has 6 unspecified atom stereocenters. The van der Waals surface area contributed by atoms with E-state index in [1.165, 1.54) is 27.3 Å². The zero-order chi connectivity index (χ0) is 36.0. The molecule has 6 rings (SSSR count). The third-order valence-electron chi connectivity index (χ3n) is 8.06. The summed E-state index contributed by atoms with van der Waals surface area (Å²) >= 11 is 0. The second kappa shape index (κ2) is 13.3. The molecule has 2 fully saturated rings. The van der Waals surface area contributed by atoms with E-state index in [4.69, 9.17) is 31.0 Å². The molecule has 6 heterocycles. The SMILES string of the molecule is CONc1ncnc2c1c(C(N)=O)nn2C1OC(CO)C(O)[C@@]1(C)O.C[C@@]1(O)C(O)C(CO)OC1n1nc(C(N)=O)c2c(NO)ncnc21. The van der Waals surface area contributed by atoms with Gasteiger partial charge < -0.3 is 51.6 Å². The molecule has 24 heteroatoms. The number of amides is 2. The summed E-state index contributed by atoms with van der Waals surface area (Å²) in [6.45, 7) is 1.57. The van der Waals surface area contributed by atoms with Crippen LogP contribution in [0.1, 0.15) is 47.3 Å². The maximum Gasteiger partial charge on any atom is 0.270 e. The van der Waals surface area contributed by atoms with Gasteiger partial charge >= 0.3 is 0 Å². The predicted octanol–water partition coefficient (Wildman–Crippen LogP) is -4.37. The topological polar surface area (TPSA) is 367 Å². The standard InChI is InChI=1S/C13H18N6O6.C12H16N6O6/c1-13(23)8(21)5(3-20)25-12(13)19-11-6(7(17-19)9(14)22)10(18-24-2)15-4-16-11;1-12(22)7(20)4(2-19)24-11(12)18-10-5(6(16-18)8(13)21)9(17-23)14-3-15-10/h4-5,8,12,20-21,23H,3H2,1-2H3,(H2,14,22)(H,15,16,18);3-4,7,11,19-20,22-23H,2H2,1H3,(H2,13,21)(H,14,15,17)/t5?,8?,12?,13-;4?,7?,11?,12-/m11/s1. The number of nitrogens with two attached hydrogens (primary N) is 2. The van der Waals surface area contributed by atoms with E-state index in [1.54, 1.807) is 0 Å². The van der Waals surface area contributed by atoms with Crippen LogP contribution in [0.15, 0.2) is 12.7 Å². The Balaban J connectivity index is 0.000000191. The molecule has 0 aliphatic carbocycles. The zero-order valence-corrected chi connectivity index (χ0v) is 25.9. The van der Waals surface area contributed by atoms with E-state index >= 15 is 0 Å². The van der Waals surface area contributed by atoms with Gasteiger partial charge in [0, 0.05) is 0 Å². The van der Waals surface area contributed by atoms with Crippen LogP contribution in [-0.4, -0.2) is 143 Å². The van der Waals surface area contributed by atoms with Crippen LogP contribution in [0.4, 0.5) is 11.6 Å². The smallest absolute Gasteiger partial charge is 0.270 e. The van der Waals surface area contributed by atoms with Crippen molar-refractivity contribution < 1.29 is 59.7 Å². The monoisotopic (exact) mass is 694 g/mol. The number of aromatic nitrogens is 8. The van der Waals surface area contributed by atoms with Crippen molar-refractivity contribution in [3.8, 4) is 0 Å². The lowest BCUT2D eigenvalue weighted by Gasteiger charge is -2.26. The van der Waals surface area contributed by atoms with Gasteiger partial charge in [0.15, 0.2) is 46.8 Å². The van der Waals surface area contributed by atoms with E-state index in [2.05, 4.69) is 35.6 Å². The van der Waals surface area contributed by atoms with Gasteiger partial charge in [-0.1, -0.05) is 0 Å². The summed E-state index contributed by atoms with van der Waals surface area (Å²) in [5.74, 6) is -1.74. The number of nitrogens with one attached hydrogen (secondary N) is 2. The fraction of sp³-hybridized carbons (Fsp3) is 0.520. The lowest BCUT2D eigenvalue weighted by atomic mass is 9.97. The van der Waals surface area contributed by atoms with Gasteiger partial charge in [-0.05, 0) is 13.8 Å². The van der Waals surface area contributed by atoms with Crippen LogP contribution in [0.5, 0.6) is 0 Å². The normalized spacial score (nSPS) is 29.6. The van der Waals surface area contributed by atoms with Crippen molar-refractivity contribution in [2.45, 2.75) is 61.9 Å². The van der Waals surface area contributed by atoms with Crippen LogP contribution < -0.4 is 22.4 Å². The summed E-state index contributed by atoms with van der Waals surface area (Å²) in [6, 6.07) is 0. The largest absolute Gasteiger partial charge is 0.394 e. The Morgan fingerprint density at radius 3 is 1.59 bits per heavy atom. The predicted molar refractivity (Wildman–Crippen MR) is 159 cm³/mol. The molecule has 0 spiro atoms. The first-order valence-corrected chi connectivity index (χ1v) is 14.2. The number of ether oxygens (including phenoxy) is 2. The van der Waals surface area contributed by atoms with Gasteiger partial charge in [0.1, 0.15) is 48.3 Å². The molecule has 0 aromatic carbocycles. The van der Waals surface area contributed by atoms with Gasteiger partial charge in [-0.25, -0.2) is 34.8 Å². The highest BCUT2D eigenvalue weighted by Crippen LogP contribution is 2.41. The molecule has 2 aliphatic heterocycles. The zero-order valence-electron chi connectivity index (χ0n) is 25.9. The number of aliphatic hydroxyl groups is 6. The number of hydrogen-bond acceptors (Lipinski definition) is 20. The van der Waals surface area contributed by atoms with E-state index in [0.717, 1.165) is 15.7 Å². The highest BCUT2D eigenvalue weighted by molar-refractivity contribution is 6.07. The van der Waals surface area contributed by atoms with E-state index in [-0.39, 0.29) is 45.1 Å². The molecule has 2 aliphatic rings. The summed E-state index contributed by atoms with van der Waals surface area (Å²) in [6.07, 6.45) is -5.07. The molecule has 266 valence electrons. The summed E-state index contributed by atoms with van der Waals surface area (Å²) < 4.78 is 13.1. The fourth-order valence-corrected chi connectivity index (χ4v) is 5.57. The lowest BCUT2D eigenvalue weighted by molar-refractivity contribution is -0.100. The van der Waals surface area contributed by atoms with Crippen molar-refractivity contribution in [2.75, 3.05) is 31.3 Å². The molecule has 49 heavy (non-hydrogen) atoms. The van der Waals surface area contributed by atoms with E-state index in [0.29, 0.717) is 0 Å². The number of primary amides is 2. The maximum atomic E-state index is 11.8. The van der Waals surface area contributed by atoms with Crippen LogP contribution in [0.3, 0.4) is 0 Å². The Morgan fingerprint density at radius 2 is 1.24 bits per heavy atom. The van der Waals surface area contributed by atoms with Crippen LogP contribution in [-0.2, 0) is 14.3 Å². The molecule has 0 radical (unpaired) electrons. The van der Waals surface area contributed by atoms with Crippen LogP contribution in [0.2, 0.25) is 0 Å². The summed E-state index contributed by atoms with van der Waals surface area (Å²) in [5, 5.41) is 77.3. The molecular weight excluding hydrogens is 660 g/mol. The van der Waals surface area contributed by atoms with Crippen molar-refractivity contribution in [3.05, 3.63) is 24.0 Å². The Kier molecular flexibility index (Phi) is 9.63. The second-order valence-electron chi connectivity index (χ2n) is 11.3. The number of nitrogens with zero attached hydrogens (tertiary/aromatic N) is 8. The quantitative estimate of drug-likeness (QED) is 0.0737. The van der Waals surface area contributed by atoms with Crippen LogP contribution in [0, 0.1) is 0 Å². The van der Waals surface area contributed by atoms with Crippen molar-refractivity contribution in [1.82, 2.24) is 39.5 Å². The average molecular weight is 695 g/mol. The molecule has 4 aromatic heterocycles. The minimum absolute atomic E-state index is 0.0221. The minimum atomic E-state index is -1.83. The molecule has 2 saturated heterocycles. The Hall–Kier alpha value is -4.76. The third kappa shape index (κ3) is 5.84. The Bertz CT molecular complexity index is 1870. The number of hydrogen-bond donors (Lipinski definition) is 11. The molecule has 0 saturated carbocycles. The van der Waals surface area contributed by atoms with Gasteiger partial charge in [-0.3, -0.25) is 25.1 Å². The minimum Gasteiger partial charge on any atom is -0.394 e. The Labute approximate surface area is 273 Å². The van der Waals surface area contributed by atoms with E-state index in [1.807, 2.05) is 5.48 Å². The number of fused-ring (bicyclic) bond motifs is 2. The van der Waals surface area contributed by atoms with E-state index < -0.39 is 73.1 Å². The molecule has 4 aromatic rings. The van der Waals surface area contributed by atoms with Crippen molar-refractivity contribution >= 4 is 45.5 Å². The van der Waals surface area contributed by atoms with Crippen LogP contribution >= 0.6 is 0 Å². The Morgan fingerprint density at radius 1 is 0.837 bits per heavy atom. The number of carbonyl (C=O) groups excluding carboxylic acids is 2. The van der Waals surface area contributed by atoms with Crippen LogP contribution in [0.25, 0.3) is 22.1 Å². The average Bonchev–Trinajstić information content (AvgIpc) is 3.77. The fourth-order valence-electron chi connectivity index (χ4n) is 5.57. The molecular formula is C25H34N12O12. The number of rotatable bonds is 9. The molecule has 24 nitrogen and oxygen atoms in total. The summed E-state index contributed by atoms with van der Waals surface area (Å²) in [7, 11) is 1.36. The highest BCUT2D eigenvalue weighted by Gasteiger charge is 2.55. The van der Waals surface area contributed by atoms with Gasteiger partial charge in [0.25, 0.3) is 11.8 Å². The van der Waals surface area contributed by atoms with E-state index in [9.17, 15) is 40.2 Å². The first kappa shape index (κ1) is 35.5. The molecule has 0 bridgehead atoms. The lowest BCUT2D eigenvalue weighted by Crippen LogP contribution is -2.44. The first-order chi connectivity index (χ1) is 23.1. The molecule has 2 amide bonds. The van der Waals surface area contributed by atoms with Crippen molar-refractivity contribution in [2.24, 2.45) is 11.5 Å². The number of anilines is 2. The maximum absolute atomic E-state index is 11.8. The van der Waals surface area contributed by atoms with Gasteiger partial charge in [0.2, 0.25) is 0 Å².